The van der Waals surface area contributed by atoms with Crippen LogP contribution in [0.4, 0.5) is 0 Å². The maximum Gasteiger partial charge on any atom is 0.223 e. The lowest BCUT2D eigenvalue weighted by molar-refractivity contribution is -0.131. The Labute approximate surface area is 142 Å². The van der Waals surface area contributed by atoms with Gasteiger partial charge < -0.3 is 4.90 Å². The van der Waals surface area contributed by atoms with Gasteiger partial charge in [0.15, 0.2) is 0 Å². The second-order valence-corrected chi connectivity index (χ2v) is 6.44. The normalized spacial score (nSPS) is 15.1. The summed E-state index contributed by atoms with van der Waals surface area (Å²) in [5.41, 5.74) is 0.883. The molecule has 0 aromatic rings. The predicted octanol–water partition coefficient (Wildman–Crippen LogP) is 3.74. The Morgan fingerprint density at radius 3 is 2.35 bits per heavy atom. The van der Waals surface area contributed by atoms with Crippen molar-refractivity contribution in [3.63, 3.8) is 0 Å². The van der Waals surface area contributed by atoms with E-state index < -0.39 is 0 Å². The Hall–Kier alpha value is -1.34. The maximum absolute atomic E-state index is 12.5. The van der Waals surface area contributed by atoms with Gasteiger partial charge in [-0.1, -0.05) is 45.6 Å². The molecule has 0 spiro atoms. The van der Waals surface area contributed by atoms with Crippen LogP contribution in [0, 0.1) is 11.3 Å². The maximum atomic E-state index is 12.5. The van der Waals surface area contributed by atoms with Crippen molar-refractivity contribution < 1.29 is 4.79 Å². The molecule has 4 heteroatoms. The number of hydrogen-bond acceptors (Lipinski definition) is 3. The highest BCUT2D eigenvalue weighted by Gasteiger charge is 2.16. The van der Waals surface area contributed by atoms with Crippen LogP contribution < -0.4 is 0 Å². The van der Waals surface area contributed by atoms with Gasteiger partial charge in [-0.05, 0) is 19.3 Å². The zero-order chi connectivity index (χ0) is 16.9. The Kier molecular flexibility index (Phi) is 10.4. The van der Waals surface area contributed by atoms with Gasteiger partial charge in [0.05, 0.1) is 6.07 Å². The molecule has 0 aromatic heterocycles. The molecule has 4 nitrogen and oxygen atoms in total. The second-order valence-electron chi connectivity index (χ2n) is 6.44. The number of carbonyl (C=O) groups is 1. The third-order valence-electron chi connectivity index (χ3n) is 4.49. The Morgan fingerprint density at radius 2 is 1.87 bits per heavy atom. The standard InChI is InChI=1S/C19H33N3O/c1-3-5-7-12-22(13-8-6-4-2)19(23)11-16-21-14-9-18(17-20)10-15-21/h9H,3-8,10-16H2,1-2H3. The van der Waals surface area contributed by atoms with Gasteiger partial charge in [0.25, 0.3) is 0 Å². The SMILES string of the molecule is CCCCCN(CCCCC)C(=O)CCN1CC=C(C#N)CC1. The van der Waals surface area contributed by atoms with E-state index >= 15 is 0 Å². The quantitative estimate of drug-likeness (QED) is 0.545. The molecular formula is C19H33N3O. The van der Waals surface area contributed by atoms with E-state index in [1.165, 1.54) is 25.7 Å². The highest BCUT2D eigenvalue weighted by atomic mass is 16.2. The topological polar surface area (TPSA) is 47.3 Å². The number of amides is 1. The molecule has 1 aliphatic rings. The average molecular weight is 319 g/mol. The molecule has 0 unspecified atom stereocenters. The van der Waals surface area contributed by atoms with Gasteiger partial charge in [0.1, 0.15) is 0 Å². The molecule has 23 heavy (non-hydrogen) atoms. The summed E-state index contributed by atoms with van der Waals surface area (Å²) < 4.78 is 0. The van der Waals surface area contributed by atoms with Crippen LogP contribution in [0.15, 0.2) is 11.6 Å². The van der Waals surface area contributed by atoms with Crippen LogP contribution in [0.2, 0.25) is 0 Å². The molecular weight excluding hydrogens is 286 g/mol. The summed E-state index contributed by atoms with van der Waals surface area (Å²) >= 11 is 0. The van der Waals surface area contributed by atoms with Crippen molar-refractivity contribution in [2.45, 2.75) is 65.2 Å². The van der Waals surface area contributed by atoms with Gasteiger partial charge in [-0.3, -0.25) is 9.69 Å². The van der Waals surface area contributed by atoms with E-state index in [1.54, 1.807) is 0 Å². The molecule has 1 rings (SSSR count). The van der Waals surface area contributed by atoms with Crippen molar-refractivity contribution in [2.75, 3.05) is 32.7 Å². The first-order valence-corrected chi connectivity index (χ1v) is 9.30. The summed E-state index contributed by atoms with van der Waals surface area (Å²) in [7, 11) is 0. The fraction of sp³-hybridized carbons (Fsp3) is 0.789. The lowest BCUT2D eigenvalue weighted by Crippen LogP contribution is -2.37. The Bertz CT molecular complexity index is 401. The predicted molar refractivity (Wildman–Crippen MR) is 95.0 cm³/mol. The van der Waals surface area contributed by atoms with E-state index in [2.05, 4.69) is 29.7 Å². The first-order chi connectivity index (χ1) is 11.2. The number of carbonyl (C=O) groups excluding carboxylic acids is 1. The minimum atomic E-state index is 0.298. The number of unbranched alkanes of at least 4 members (excludes halogenated alkanes) is 4. The number of hydrogen-bond donors (Lipinski definition) is 0. The number of rotatable bonds is 11. The Balaban J connectivity index is 2.36. The number of nitrogens with zero attached hydrogens (tertiary/aromatic N) is 3. The fourth-order valence-corrected chi connectivity index (χ4v) is 2.89. The van der Waals surface area contributed by atoms with Crippen molar-refractivity contribution in [1.29, 1.82) is 5.26 Å². The average Bonchev–Trinajstić information content (AvgIpc) is 2.59. The zero-order valence-electron chi connectivity index (χ0n) is 15.0. The van der Waals surface area contributed by atoms with Crippen molar-refractivity contribution in [2.24, 2.45) is 0 Å². The van der Waals surface area contributed by atoms with Crippen molar-refractivity contribution >= 4 is 5.91 Å². The van der Waals surface area contributed by atoms with E-state index in [0.717, 1.165) is 57.6 Å². The molecule has 1 aliphatic heterocycles. The van der Waals surface area contributed by atoms with Crippen LogP contribution in [-0.2, 0) is 4.79 Å². The summed E-state index contributed by atoms with van der Waals surface area (Å²) in [4.78, 5) is 16.9. The van der Waals surface area contributed by atoms with Crippen LogP contribution in [0.3, 0.4) is 0 Å². The second kappa shape index (κ2) is 12.1. The molecule has 0 fully saturated rings. The van der Waals surface area contributed by atoms with Crippen LogP contribution in [0.25, 0.3) is 0 Å². The molecule has 0 N–H and O–H groups in total. The van der Waals surface area contributed by atoms with E-state index in [0.29, 0.717) is 12.3 Å². The van der Waals surface area contributed by atoms with Crippen LogP contribution >= 0.6 is 0 Å². The fourth-order valence-electron chi connectivity index (χ4n) is 2.89. The molecule has 0 saturated heterocycles. The molecule has 1 amide bonds. The first kappa shape index (κ1) is 19.7. The monoisotopic (exact) mass is 319 g/mol. The van der Waals surface area contributed by atoms with Crippen LogP contribution in [0.1, 0.15) is 65.2 Å². The molecule has 0 bridgehead atoms. The summed E-state index contributed by atoms with van der Waals surface area (Å²) in [6.45, 7) is 8.74. The smallest absolute Gasteiger partial charge is 0.223 e. The van der Waals surface area contributed by atoms with Gasteiger partial charge >= 0.3 is 0 Å². The minimum Gasteiger partial charge on any atom is -0.343 e. The summed E-state index contributed by atoms with van der Waals surface area (Å²) in [6.07, 6.45) is 10.4. The highest BCUT2D eigenvalue weighted by molar-refractivity contribution is 5.76. The van der Waals surface area contributed by atoms with Gasteiger partial charge in [0.2, 0.25) is 5.91 Å². The van der Waals surface area contributed by atoms with Gasteiger partial charge in [0, 0.05) is 44.7 Å². The van der Waals surface area contributed by atoms with E-state index in [4.69, 9.17) is 5.26 Å². The highest BCUT2D eigenvalue weighted by Crippen LogP contribution is 2.11. The van der Waals surface area contributed by atoms with Crippen molar-refractivity contribution in [1.82, 2.24) is 9.80 Å². The van der Waals surface area contributed by atoms with Crippen LogP contribution in [0.5, 0.6) is 0 Å². The van der Waals surface area contributed by atoms with Crippen molar-refractivity contribution in [3.8, 4) is 6.07 Å². The first-order valence-electron chi connectivity index (χ1n) is 9.30. The Morgan fingerprint density at radius 1 is 1.22 bits per heavy atom. The summed E-state index contributed by atoms with van der Waals surface area (Å²) in [5, 5.41) is 8.88. The van der Waals surface area contributed by atoms with Gasteiger partial charge in [-0.25, -0.2) is 0 Å². The molecule has 0 saturated carbocycles. The largest absolute Gasteiger partial charge is 0.343 e. The lowest BCUT2D eigenvalue weighted by atomic mass is 10.1. The minimum absolute atomic E-state index is 0.298. The molecule has 0 atom stereocenters. The molecule has 0 aliphatic carbocycles. The summed E-state index contributed by atoms with van der Waals surface area (Å²) in [6, 6.07) is 2.22. The molecule has 1 heterocycles. The third kappa shape index (κ3) is 8.18. The van der Waals surface area contributed by atoms with E-state index in [9.17, 15) is 4.79 Å². The molecule has 0 aromatic carbocycles. The lowest BCUT2D eigenvalue weighted by Gasteiger charge is -2.27. The van der Waals surface area contributed by atoms with Gasteiger partial charge in [-0.2, -0.15) is 5.26 Å². The van der Waals surface area contributed by atoms with E-state index in [-0.39, 0.29) is 0 Å². The number of nitriles is 1. The third-order valence-corrected chi connectivity index (χ3v) is 4.49. The van der Waals surface area contributed by atoms with Crippen molar-refractivity contribution in [3.05, 3.63) is 11.6 Å². The zero-order valence-corrected chi connectivity index (χ0v) is 15.0. The summed E-state index contributed by atoms with van der Waals surface area (Å²) in [5.74, 6) is 0.298. The van der Waals surface area contributed by atoms with Crippen LogP contribution in [-0.4, -0.2) is 48.4 Å². The van der Waals surface area contributed by atoms with Gasteiger partial charge in [-0.15, -0.1) is 0 Å². The molecule has 0 radical (unpaired) electrons. The van der Waals surface area contributed by atoms with E-state index in [1.807, 2.05) is 6.08 Å². The molecule has 130 valence electrons.